The summed E-state index contributed by atoms with van der Waals surface area (Å²) in [6, 6.07) is 16.1. The maximum absolute atomic E-state index is 12.6. The zero-order valence-electron chi connectivity index (χ0n) is 18.2. The number of ether oxygens (including phenoxy) is 2. The summed E-state index contributed by atoms with van der Waals surface area (Å²) in [6.45, 7) is 4.58. The lowest BCUT2D eigenvalue weighted by molar-refractivity contribution is 0.138. The number of urea groups is 1. The second-order valence-corrected chi connectivity index (χ2v) is 7.79. The molecule has 2 atom stereocenters. The van der Waals surface area contributed by atoms with Crippen molar-refractivity contribution in [3.63, 3.8) is 0 Å². The molecule has 162 valence electrons. The first-order chi connectivity index (χ1) is 14.6. The van der Waals surface area contributed by atoms with Gasteiger partial charge in [0.1, 0.15) is 11.5 Å². The Kier molecular flexibility index (Phi) is 7.97. The van der Waals surface area contributed by atoms with Crippen LogP contribution in [0.4, 0.5) is 4.79 Å². The van der Waals surface area contributed by atoms with Crippen LogP contribution in [-0.4, -0.2) is 44.3 Å². The molecule has 0 aliphatic carbocycles. The number of methoxy groups -OCH3 is 2. The van der Waals surface area contributed by atoms with E-state index in [9.17, 15) is 4.79 Å². The van der Waals surface area contributed by atoms with Crippen molar-refractivity contribution in [2.75, 3.05) is 27.3 Å². The first kappa shape index (κ1) is 22.0. The normalized spacial score (nSPS) is 17.8. The number of amides is 2. The van der Waals surface area contributed by atoms with Crippen LogP contribution in [0.2, 0.25) is 0 Å². The molecule has 0 bridgehead atoms. The summed E-state index contributed by atoms with van der Waals surface area (Å²) >= 11 is 0. The highest BCUT2D eigenvalue weighted by Gasteiger charge is 2.23. The van der Waals surface area contributed by atoms with Crippen molar-refractivity contribution in [3.05, 3.63) is 59.7 Å². The molecule has 0 radical (unpaired) electrons. The third-order valence-corrected chi connectivity index (χ3v) is 5.73. The lowest BCUT2D eigenvalue weighted by atomic mass is 10.0. The van der Waals surface area contributed by atoms with Crippen LogP contribution < -0.4 is 20.1 Å². The fourth-order valence-electron chi connectivity index (χ4n) is 4.03. The monoisotopic (exact) mass is 411 g/mol. The average molecular weight is 412 g/mol. The minimum Gasteiger partial charge on any atom is -0.497 e. The number of hydrogen-bond acceptors (Lipinski definition) is 4. The molecular formula is C24H33N3O3. The van der Waals surface area contributed by atoms with E-state index in [1.165, 1.54) is 18.4 Å². The van der Waals surface area contributed by atoms with Crippen molar-refractivity contribution < 1.29 is 14.3 Å². The van der Waals surface area contributed by atoms with E-state index >= 15 is 0 Å². The second kappa shape index (κ2) is 10.9. The molecule has 0 spiro atoms. The zero-order valence-corrected chi connectivity index (χ0v) is 18.2. The number of carbonyl (C=O) groups excluding carboxylic acids is 1. The topological polar surface area (TPSA) is 62.8 Å². The van der Waals surface area contributed by atoms with E-state index in [2.05, 4.69) is 39.8 Å². The Bertz CT molecular complexity index is 813. The molecule has 6 nitrogen and oxygen atoms in total. The molecule has 3 rings (SSSR count). The number of rotatable bonds is 8. The van der Waals surface area contributed by atoms with E-state index in [-0.39, 0.29) is 12.1 Å². The van der Waals surface area contributed by atoms with Crippen molar-refractivity contribution in [2.45, 2.75) is 44.8 Å². The van der Waals surface area contributed by atoms with Gasteiger partial charge in [0.25, 0.3) is 0 Å². The van der Waals surface area contributed by atoms with E-state index in [0.717, 1.165) is 36.6 Å². The van der Waals surface area contributed by atoms with Crippen LogP contribution in [-0.2, 0) is 6.54 Å². The Morgan fingerprint density at radius 2 is 1.93 bits per heavy atom. The minimum absolute atomic E-state index is 0.169. The molecule has 2 unspecified atom stereocenters. The van der Waals surface area contributed by atoms with Crippen LogP contribution in [0.5, 0.6) is 11.5 Å². The number of likely N-dealkylation sites (tertiary alicyclic amines) is 1. The summed E-state index contributed by atoms with van der Waals surface area (Å²) in [5, 5.41) is 6.09. The largest absolute Gasteiger partial charge is 0.497 e. The van der Waals surface area contributed by atoms with Gasteiger partial charge in [0.05, 0.1) is 20.3 Å². The van der Waals surface area contributed by atoms with Gasteiger partial charge in [0, 0.05) is 24.7 Å². The Morgan fingerprint density at radius 1 is 1.13 bits per heavy atom. The lowest BCUT2D eigenvalue weighted by Crippen LogP contribution is -2.48. The number of benzene rings is 2. The van der Waals surface area contributed by atoms with Gasteiger partial charge in [-0.15, -0.1) is 0 Å². The quantitative estimate of drug-likeness (QED) is 0.686. The van der Waals surface area contributed by atoms with Gasteiger partial charge < -0.3 is 20.1 Å². The van der Waals surface area contributed by atoms with Crippen molar-refractivity contribution in [1.82, 2.24) is 15.5 Å². The fraction of sp³-hybridized carbons (Fsp3) is 0.458. The maximum Gasteiger partial charge on any atom is 0.315 e. The summed E-state index contributed by atoms with van der Waals surface area (Å²) in [7, 11) is 3.25. The Balaban J connectivity index is 1.55. The number of nitrogens with zero attached hydrogens (tertiary/aromatic N) is 1. The van der Waals surface area contributed by atoms with E-state index < -0.39 is 0 Å². The molecule has 2 aromatic carbocycles. The van der Waals surface area contributed by atoms with Crippen molar-refractivity contribution in [3.8, 4) is 11.5 Å². The molecule has 2 aromatic rings. The van der Waals surface area contributed by atoms with Gasteiger partial charge in [-0.25, -0.2) is 4.79 Å². The highest BCUT2D eigenvalue weighted by molar-refractivity contribution is 5.74. The highest BCUT2D eigenvalue weighted by atomic mass is 16.5. The first-order valence-corrected chi connectivity index (χ1v) is 10.6. The van der Waals surface area contributed by atoms with Crippen LogP contribution in [0.25, 0.3) is 0 Å². The van der Waals surface area contributed by atoms with Gasteiger partial charge >= 0.3 is 6.03 Å². The second-order valence-electron chi connectivity index (χ2n) is 7.79. The highest BCUT2D eigenvalue weighted by Crippen LogP contribution is 2.29. The molecule has 0 aromatic heterocycles. The third kappa shape index (κ3) is 5.89. The summed E-state index contributed by atoms with van der Waals surface area (Å²) in [5.74, 6) is 1.46. The summed E-state index contributed by atoms with van der Waals surface area (Å²) in [5.41, 5.74) is 2.20. The predicted molar refractivity (Wildman–Crippen MR) is 119 cm³/mol. The number of nitrogens with one attached hydrogen (secondary N) is 2. The molecule has 6 heteroatoms. The molecule has 1 aliphatic rings. The van der Waals surface area contributed by atoms with E-state index in [1.54, 1.807) is 14.2 Å². The molecule has 1 fully saturated rings. The summed E-state index contributed by atoms with van der Waals surface area (Å²) in [6.07, 6.45) is 3.52. The SMILES string of the molecule is COc1ccc(OC)c(C(C)NC(=O)NCC2CCCCN2Cc2ccccc2)c1. The standard InChI is InChI=1S/C24H33N3O3/c1-18(22-15-21(29-2)12-13-23(22)30-3)26-24(28)25-16-20-11-7-8-14-27(20)17-19-9-5-4-6-10-19/h4-6,9-10,12-13,15,18,20H,7-8,11,14,16-17H2,1-3H3,(H2,25,26,28). The molecule has 1 aliphatic heterocycles. The maximum atomic E-state index is 12.6. The minimum atomic E-state index is -0.207. The van der Waals surface area contributed by atoms with Gasteiger partial charge in [-0.2, -0.15) is 0 Å². The molecule has 1 heterocycles. The van der Waals surface area contributed by atoms with Crippen LogP contribution in [0.3, 0.4) is 0 Å². The van der Waals surface area contributed by atoms with Gasteiger partial charge in [-0.1, -0.05) is 36.8 Å². The summed E-state index contributed by atoms with van der Waals surface area (Å²) in [4.78, 5) is 15.1. The van der Waals surface area contributed by atoms with Crippen LogP contribution in [0.15, 0.2) is 48.5 Å². The smallest absolute Gasteiger partial charge is 0.315 e. The van der Waals surface area contributed by atoms with Crippen LogP contribution >= 0.6 is 0 Å². The van der Waals surface area contributed by atoms with Crippen molar-refractivity contribution in [1.29, 1.82) is 0 Å². The predicted octanol–water partition coefficient (Wildman–Crippen LogP) is 4.12. The first-order valence-electron chi connectivity index (χ1n) is 10.6. The Hall–Kier alpha value is -2.73. The van der Waals surface area contributed by atoms with E-state index in [1.807, 2.05) is 31.2 Å². The molecule has 1 saturated heterocycles. The lowest BCUT2D eigenvalue weighted by Gasteiger charge is -2.36. The molecular weight excluding hydrogens is 378 g/mol. The van der Waals surface area contributed by atoms with Crippen molar-refractivity contribution in [2.24, 2.45) is 0 Å². The zero-order chi connectivity index (χ0) is 21.3. The number of piperidine rings is 1. The van der Waals surface area contributed by atoms with E-state index in [4.69, 9.17) is 9.47 Å². The molecule has 0 saturated carbocycles. The Labute approximate surface area is 179 Å². The molecule has 2 N–H and O–H groups in total. The molecule has 2 amide bonds. The number of carbonyl (C=O) groups is 1. The number of hydrogen-bond donors (Lipinski definition) is 2. The van der Waals surface area contributed by atoms with Crippen molar-refractivity contribution >= 4 is 6.03 Å². The third-order valence-electron chi connectivity index (χ3n) is 5.73. The van der Waals surface area contributed by atoms with Gasteiger partial charge in [0.2, 0.25) is 0 Å². The van der Waals surface area contributed by atoms with Crippen LogP contribution in [0.1, 0.15) is 43.4 Å². The summed E-state index contributed by atoms with van der Waals surface area (Å²) < 4.78 is 10.7. The molecule has 30 heavy (non-hydrogen) atoms. The van der Waals surface area contributed by atoms with Gasteiger partial charge in [-0.3, -0.25) is 4.90 Å². The van der Waals surface area contributed by atoms with E-state index in [0.29, 0.717) is 12.6 Å². The van der Waals surface area contributed by atoms with Gasteiger partial charge in [-0.05, 0) is 50.1 Å². The Morgan fingerprint density at radius 3 is 2.67 bits per heavy atom. The van der Waals surface area contributed by atoms with Crippen LogP contribution in [0, 0.1) is 0 Å². The average Bonchev–Trinajstić information content (AvgIpc) is 2.78. The van der Waals surface area contributed by atoms with Gasteiger partial charge in [0.15, 0.2) is 0 Å². The fourth-order valence-corrected chi connectivity index (χ4v) is 4.03.